The van der Waals surface area contributed by atoms with Crippen molar-refractivity contribution >= 4 is 16.9 Å². The summed E-state index contributed by atoms with van der Waals surface area (Å²) < 4.78 is 8.23. The van der Waals surface area contributed by atoms with Crippen LogP contribution >= 0.6 is 0 Å². The Balaban J connectivity index is 1.39. The Bertz CT molecular complexity index is 1250. The van der Waals surface area contributed by atoms with Crippen molar-refractivity contribution in [1.82, 2.24) is 14.9 Å². The summed E-state index contributed by atoms with van der Waals surface area (Å²) in [7, 11) is 0. The second-order valence-corrected chi connectivity index (χ2v) is 9.66. The van der Waals surface area contributed by atoms with Gasteiger partial charge < -0.3 is 14.6 Å². The first-order valence-electron chi connectivity index (χ1n) is 11.8. The summed E-state index contributed by atoms with van der Waals surface area (Å²) >= 11 is 0. The third-order valence-corrected chi connectivity index (χ3v) is 5.99. The van der Waals surface area contributed by atoms with Gasteiger partial charge >= 0.3 is 0 Å². The Kier molecular flexibility index (Phi) is 7.01. The number of carbonyl (C=O) groups is 1. The number of nitrogens with one attached hydrogen (secondary N) is 1. The van der Waals surface area contributed by atoms with Gasteiger partial charge in [0, 0.05) is 18.5 Å². The molecule has 34 heavy (non-hydrogen) atoms. The molecule has 5 heteroatoms. The van der Waals surface area contributed by atoms with E-state index < -0.39 is 0 Å². The molecule has 1 amide bonds. The number of hydrogen-bond donors (Lipinski definition) is 1. The molecule has 0 aliphatic heterocycles. The highest BCUT2D eigenvalue weighted by molar-refractivity contribution is 5.94. The lowest BCUT2D eigenvalue weighted by Gasteiger charge is -2.19. The van der Waals surface area contributed by atoms with Gasteiger partial charge in [0.15, 0.2) is 0 Å². The molecule has 0 spiro atoms. The third-order valence-electron chi connectivity index (χ3n) is 5.99. The average Bonchev–Trinajstić information content (AvgIpc) is 3.16. The maximum absolute atomic E-state index is 12.5. The first-order chi connectivity index (χ1) is 16.3. The first-order valence-corrected chi connectivity index (χ1v) is 11.8. The van der Waals surface area contributed by atoms with Crippen LogP contribution in [-0.4, -0.2) is 28.6 Å². The average molecular weight is 456 g/mol. The van der Waals surface area contributed by atoms with Crippen LogP contribution in [0.25, 0.3) is 11.0 Å². The monoisotopic (exact) mass is 455 g/mol. The van der Waals surface area contributed by atoms with Gasteiger partial charge in [-0.3, -0.25) is 4.79 Å². The summed E-state index contributed by atoms with van der Waals surface area (Å²) in [6, 6.07) is 24.1. The van der Waals surface area contributed by atoms with Crippen molar-refractivity contribution in [3.8, 4) is 5.75 Å². The van der Waals surface area contributed by atoms with Crippen LogP contribution in [0.1, 0.15) is 48.1 Å². The van der Waals surface area contributed by atoms with Gasteiger partial charge in [-0.05, 0) is 54.3 Å². The van der Waals surface area contributed by atoms with Crippen LogP contribution in [-0.2, 0) is 18.4 Å². The summed E-state index contributed by atoms with van der Waals surface area (Å²) in [5.74, 6) is 1.74. The molecule has 0 aliphatic carbocycles. The van der Waals surface area contributed by atoms with Crippen LogP contribution in [0.5, 0.6) is 5.75 Å². The molecule has 1 aromatic heterocycles. The van der Waals surface area contributed by atoms with E-state index in [1.54, 1.807) is 0 Å². The van der Waals surface area contributed by atoms with E-state index in [-0.39, 0.29) is 11.3 Å². The van der Waals surface area contributed by atoms with E-state index in [1.807, 2.05) is 61.5 Å². The van der Waals surface area contributed by atoms with E-state index in [0.29, 0.717) is 31.7 Å². The number of aromatic nitrogens is 2. The zero-order chi connectivity index (χ0) is 24.1. The van der Waals surface area contributed by atoms with Crippen molar-refractivity contribution < 1.29 is 9.53 Å². The zero-order valence-corrected chi connectivity index (χ0v) is 20.5. The van der Waals surface area contributed by atoms with Crippen LogP contribution in [0.4, 0.5) is 0 Å². The van der Waals surface area contributed by atoms with Gasteiger partial charge in [-0.2, -0.15) is 0 Å². The number of ether oxygens (including phenoxy) is 1. The lowest BCUT2D eigenvalue weighted by molar-refractivity contribution is 0.0954. The van der Waals surface area contributed by atoms with Crippen molar-refractivity contribution in [3.05, 3.63) is 95.3 Å². The predicted molar refractivity (Wildman–Crippen MR) is 138 cm³/mol. The molecule has 4 aromatic rings. The van der Waals surface area contributed by atoms with Gasteiger partial charge in [0.05, 0.1) is 17.6 Å². The van der Waals surface area contributed by atoms with Crippen LogP contribution in [0, 0.1) is 6.92 Å². The highest BCUT2D eigenvalue weighted by Crippen LogP contribution is 2.24. The molecule has 0 unspecified atom stereocenters. The number of amides is 1. The summed E-state index contributed by atoms with van der Waals surface area (Å²) in [4.78, 5) is 17.3. The maximum Gasteiger partial charge on any atom is 0.251 e. The molecule has 3 aromatic carbocycles. The molecule has 0 atom stereocenters. The standard InChI is InChI=1S/C29H33N3O2/c1-21-9-11-22(12-10-21)28(33)30-18-17-27-31-25-7-5-6-8-26(25)32(27)19-20-34-24-15-13-23(14-16-24)29(2,3)4/h5-16H,17-20H2,1-4H3,(H,30,33). The highest BCUT2D eigenvalue weighted by atomic mass is 16.5. The number of imidazole rings is 1. The number of carbonyl (C=O) groups excluding carboxylic acids is 1. The Morgan fingerprint density at radius 3 is 2.38 bits per heavy atom. The number of nitrogens with zero attached hydrogens (tertiary/aromatic N) is 2. The van der Waals surface area contributed by atoms with Crippen LogP contribution in [0.2, 0.25) is 0 Å². The molecule has 5 nitrogen and oxygen atoms in total. The van der Waals surface area contributed by atoms with Crippen molar-refractivity contribution in [2.75, 3.05) is 13.2 Å². The van der Waals surface area contributed by atoms with Crippen LogP contribution in [0.15, 0.2) is 72.8 Å². The quantitative estimate of drug-likeness (QED) is 0.371. The number of hydrogen-bond acceptors (Lipinski definition) is 3. The summed E-state index contributed by atoms with van der Waals surface area (Å²) in [6.07, 6.45) is 0.645. The largest absolute Gasteiger partial charge is 0.492 e. The maximum atomic E-state index is 12.5. The van der Waals surface area contributed by atoms with E-state index in [2.05, 4.69) is 48.9 Å². The van der Waals surface area contributed by atoms with E-state index in [0.717, 1.165) is 28.2 Å². The fraction of sp³-hybridized carbons (Fsp3) is 0.310. The number of rotatable bonds is 8. The number of fused-ring (bicyclic) bond motifs is 1. The Labute approximate surface area is 201 Å². The lowest BCUT2D eigenvalue weighted by Crippen LogP contribution is -2.26. The van der Waals surface area contributed by atoms with E-state index in [1.165, 1.54) is 5.56 Å². The first kappa shape index (κ1) is 23.6. The fourth-order valence-electron chi connectivity index (χ4n) is 3.97. The third kappa shape index (κ3) is 5.66. The van der Waals surface area contributed by atoms with E-state index >= 15 is 0 Å². The Morgan fingerprint density at radius 2 is 1.68 bits per heavy atom. The molecule has 176 valence electrons. The molecular formula is C29H33N3O2. The van der Waals surface area contributed by atoms with Crippen molar-refractivity contribution in [3.63, 3.8) is 0 Å². The minimum atomic E-state index is -0.0651. The second-order valence-electron chi connectivity index (χ2n) is 9.66. The summed E-state index contributed by atoms with van der Waals surface area (Å²) in [6.45, 7) is 10.4. The normalized spacial score (nSPS) is 11.5. The van der Waals surface area contributed by atoms with Gasteiger partial charge in [-0.25, -0.2) is 4.98 Å². The zero-order valence-electron chi connectivity index (χ0n) is 20.5. The van der Waals surface area contributed by atoms with Crippen molar-refractivity contribution in [2.45, 2.75) is 46.1 Å². The molecule has 0 saturated carbocycles. The molecule has 0 bridgehead atoms. The number of benzene rings is 3. The summed E-state index contributed by atoms with van der Waals surface area (Å²) in [5.41, 5.74) is 5.25. The molecule has 4 rings (SSSR count). The molecule has 1 heterocycles. The fourth-order valence-corrected chi connectivity index (χ4v) is 3.97. The minimum Gasteiger partial charge on any atom is -0.492 e. The molecule has 0 aliphatic rings. The molecule has 0 saturated heterocycles. The van der Waals surface area contributed by atoms with Crippen LogP contribution < -0.4 is 10.1 Å². The smallest absolute Gasteiger partial charge is 0.251 e. The van der Waals surface area contributed by atoms with Crippen LogP contribution in [0.3, 0.4) is 0 Å². The van der Waals surface area contributed by atoms with Crippen molar-refractivity contribution in [1.29, 1.82) is 0 Å². The van der Waals surface area contributed by atoms with Gasteiger partial charge in [-0.15, -0.1) is 0 Å². The molecular weight excluding hydrogens is 422 g/mol. The van der Waals surface area contributed by atoms with Gasteiger partial charge in [-0.1, -0.05) is 62.7 Å². The van der Waals surface area contributed by atoms with E-state index in [9.17, 15) is 4.79 Å². The summed E-state index contributed by atoms with van der Waals surface area (Å²) in [5, 5.41) is 3.01. The molecule has 0 fully saturated rings. The Morgan fingerprint density at radius 1 is 0.971 bits per heavy atom. The van der Waals surface area contributed by atoms with E-state index in [4.69, 9.17) is 9.72 Å². The molecule has 1 N–H and O–H groups in total. The second kappa shape index (κ2) is 10.1. The lowest BCUT2D eigenvalue weighted by atomic mass is 9.87. The van der Waals surface area contributed by atoms with Crippen molar-refractivity contribution in [2.24, 2.45) is 0 Å². The minimum absolute atomic E-state index is 0.0651. The SMILES string of the molecule is Cc1ccc(C(=O)NCCc2nc3ccccc3n2CCOc2ccc(C(C)(C)C)cc2)cc1. The topological polar surface area (TPSA) is 56.2 Å². The van der Waals surface area contributed by atoms with Gasteiger partial charge in [0.1, 0.15) is 18.2 Å². The predicted octanol–water partition coefficient (Wildman–Crippen LogP) is 5.69. The Hall–Kier alpha value is -3.60. The number of para-hydroxylation sites is 2. The number of aryl methyl sites for hydroxylation is 1. The van der Waals surface area contributed by atoms with Gasteiger partial charge in [0.25, 0.3) is 5.91 Å². The van der Waals surface area contributed by atoms with Gasteiger partial charge in [0.2, 0.25) is 0 Å². The molecule has 0 radical (unpaired) electrons. The highest BCUT2D eigenvalue weighted by Gasteiger charge is 2.14.